The molecule has 182 valence electrons. The first-order valence-corrected chi connectivity index (χ1v) is 12.0. The van der Waals surface area contributed by atoms with E-state index < -0.39 is 0 Å². The highest BCUT2D eigenvalue weighted by Gasteiger charge is 2.33. The van der Waals surface area contributed by atoms with Crippen LogP contribution in [0.3, 0.4) is 0 Å². The van der Waals surface area contributed by atoms with Crippen LogP contribution in [0.4, 0.5) is 11.4 Å². The molecule has 0 saturated heterocycles. The molecule has 2 heterocycles. The number of nitrogens with one attached hydrogen (secondary N) is 1. The Labute approximate surface area is 215 Å². The molecular weight excluding hydrogens is 474 g/mol. The number of allylic oxidation sites excluding steroid dienone is 1. The number of carbonyl (C=O) groups excluding carboxylic acids is 2. The van der Waals surface area contributed by atoms with Crippen LogP contribution >= 0.6 is 11.6 Å². The van der Waals surface area contributed by atoms with E-state index in [0.29, 0.717) is 46.4 Å². The number of benzene rings is 2. The van der Waals surface area contributed by atoms with Gasteiger partial charge in [0, 0.05) is 30.1 Å². The van der Waals surface area contributed by atoms with Crippen LogP contribution in [0.25, 0.3) is 16.1 Å². The summed E-state index contributed by atoms with van der Waals surface area (Å²) in [6, 6.07) is 14.2. The Morgan fingerprint density at radius 1 is 1.19 bits per heavy atom. The number of halogens is 1. The average Bonchev–Trinajstić information content (AvgIpc) is 3.31. The van der Waals surface area contributed by atoms with E-state index >= 15 is 0 Å². The molecule has 2 amide bonds. The van der Waals surface area contributed by atoms with Gasteiger partial charge in [-0.3, -0.25) is 14.3 Å². The highest BCUT2D eigenvalue weighted by molar-refractivity contribution is 6.31. The van der Waals surface area contributed by atoms with Gasteiger partial charge in [-0.1, -0.05) is 48.0 Å². The second kappa shape index (κ2) is 11.1. The van der Waals surface area contributed by atoms with Gasteiger partial charge >= 0.3 is 0 Å². The third-order valence-corrected chi connectivity index (χ3v) is 6.26. The molecule has 1 aliphatic rings. The molecule has 0 spiro atoms. The molecule has 1 N–H and O–H groups in total. The Kier molecular flexibility index (Phi) is 7.67. The van der Waals surface area contributed by atoms with Gasteiger partial charge < -0.3 is 10.2 Å². The Hall–Kier alpha value is -4.15. The van der Waals surface area contributed by atoms with E-state index in [1.165, 1.54) is 6.08 Å². The number of carbonyl (C=O) groups is 2. The molecule has 4 rings (SSSR count). The van der Waals surface area contributed by atoms with Crippen molar-refractivity contribution in [3.05, 3.63) is 102 Å². The number of amides is 2. The lowest BCUT2D eigenvalue weighted by Gasteiger charge is -2.33. The zero-order valence-corrected chi connectivity index (χ0v) is 20.5. The van der Waals surface area contributed by atoms with Crippen LogP contribution < -0.4 is 5.32 Å². The van der Waals surface area contributed by atoms with Crippen molar-refractivity contribution in [2.24, 2.45) is 0 Å². The predicted octanol–water partition coefficient (Wildman–Crippen LogP) is 6.43. The molecule has 0 fully saturated rings. The number of aromatic nitrogens is 2. The van der Waals surface area contributed by atoms with Crippen molar-refractivity contribution >= 4 is 34.8 Å². The summed E-state index contributed by atoms with van der Waals surface area (Å²) < 4.78 is 1.80. The summed E-state index contributed by atoms with van der Waals surface area (Å²) in [6.07, 6.45) is 5.12. The molecule has 0 unspecified atom stereocenters. The highest BCUT2D eigenvalue weighted by atomic mass is 35.5. The Bertz CT molecular complexity index is 1350. The normalized spacial score (nSPS) is 14.6. The number of anilines is 1. The first-order valence-electron chi connectivity index (χ1n) is 11.6. The molecule has 0 radical (unpaired) electrons. The van der Waals surface area contributed by atoms with E-state index in [0.717, 1.165) is 18.4 Å². The molecule has 1 aromatic heterocycles. The summed E-state index contributed by atoms with van der Waals surface area (Å²) in [7, 11) is 0. The van der Waals surface area contributed by atoms with Gasteiger partial charge in [-0.2, -0.15) is 5.10 Å². The van der Waals surface area contributed by atoms with Crippen molar-refractivity contribution in [1.82, 2.24) is 14.7 Å². The summed E-state index contributed by atoms with van der Waals surface area (Å²) in [4.78, 5) is 31.0. The quantitative estimate of drug-likeness (QED) is 0.272. The van der Waals surface area contributed by atoms with Crippen LogP contribution in [0.1, 0.15) is 41.4 Å². The fraction of sp³-hybridized carbons (Fsp3) is 0.214. The fourth-order valence-corrected chi connectivity index (χ4v) is 4.44. The second-order valence-electron chi connectivity index (χ2n) is 8.57. The molecule has 36 heavy (non-hydrogen) atoms. The standard InChI is InChI=1S/C28H26ClN5O2/c1-4-6-8-22-18-33(17-19-9-12-21(30-3)13-10-19)28(36)26-16-25(32-34(22)26)23-14-11-20(29)15-24(23)31-27(35)7-5-2/h4-5,9-16,22H,1-2,6-8,17-18H2,(H,31,35)/t22-/m0/s1. The van der Waals surface area contributed by atoms with Crippen LogP contribution in [-0.2, 0) is 11.3 Å². The molecule has 7 nitrogen and oxygen atoms in total. The van der Waals surface area contributed by atoms with E-state index in [1.807, 2.05) is 23.1 Å². The molecule has 1 atom stereocenters. The summed E-state index contributed by atoms with van der Waals surface area (Å²) in [6.45, 7) is 15.5. The van der Waals surface area contributed by atoms with Crippen molar-refractivity contribution in [1.29, 1.82) is 0 Å². The van der Waals surface area contributed by atoms with Gasteiger partial charge in [0.15, 0.2) is 5.69 Å². The maximum Gasteiger partial charge on any atom is 0.272 e. The smallest absolute Gasteiger partial charge is 0.272 e. The number of hydrogen-bond acceptors (Lipinski definition) is 3. The monoisotopic (exact) mass is 499 g/mol. The maximum atomic E-state index is 13.5. The van der Waals surface area contributed by atoms with Crippen LogP contribution in [-0.4, -0.2) is 33.0 Å². The number of nitrogens with zero attached hydrogens (tertiary/aromatic N) is 4. The molecule has 2 aromatic carbocycles. The summed E-state index contributed by atoms with van der Waals surface area (Å²) in [5.74, 6) is -0.336. The summed E-state index contributed by atoms with van der Waals surface area (Å²) in [5.41, 5.74) is 3.79. The van der Waals surface area contributed by atoms with Gasteiger partial charge in [-0.15, -0.1) is 13.2 Å². The predicted molar refractivity (Wildman–Crippen MR) is 142 cm³/mol. The summed E-state index contributed by atoms with van der Waals surface area (Å²) in [5, 5.41) is 8.14. The van der Waals surface area contributed by atoms with Gasteiger partial charge in [0.25, 0.3) is 5.91 Å². The van der Waals surface area contributed by atoms with Gasteiger partial charge in [0.2, 0.25) is 5.91 Å². The third-order valence-electron chi connectivity index (χ3n) is 6.02. The lowest BCUT2D eigenvalue weighted by Crippen LogP contribution is -2.42. The molecule has 0 aliphatic carbocycles. The Morgan fingerprint density at radius 3 is 2.67 bits per heavy atom. The zero-order valence-electron chi connectivity index (χ0n) is 19.8. The topological polar surface area (TPSA) is 71.6 Å². The lowest BCUT2D eigenvalue weighted by molar-refractivity contribution is -0.115. The number of hydrogen-bond donors (Lipinski definition) is 1. The van der Waals surface area contributed by atoms with E-state index in [-0.39, 0.29) is 24.3 Å². The van der Waals surface area contributed by atoms with Gasteiger partial charge in [-0.05, 0) is 42.7 Å². The van der Waals surface area contributed by atoms with Crippen LogP contribution in [0.2, 0.25) is 5.02 Å². The van der Waals surface area contributed by atoms with Crippen molar-refractivity contribution in [2.75, 3.05) is 11.9 Å². The Morgan fingerprint density at radius 2 is 1.97 bits per heavy atom. The summed E-state index contributed by atoms with van der Waals surface area (Å²) >= 11 is 6.20. The third kappa shape index (κ3) is 5.40. The largest absolute Gasteiger partial charge is 0.331 e. The lowest BCUT2D eigenvalue weighted by atomic mass is 10.1. The van der Waals surface area contributed by atoms with Gasteiger partial charge in [-0.25, -0.2) is 4.85 Å². The van der Waals surface area contributed by atoms with E-state index in [2.05, 4.69) is 23.3 Å². The highest BCUT2D eigenvalue weighted by Crippen LogP contribution is 2.34. The minimum absolute atomic E-state index is 0.0296. The van der Waals surface area contributed by atoms with Crippen LogP contribution in [0.5, 0.6) is 0 Å². The minimum atomic E-state index is -0.215. The fourth-order valence-electron chi connectivity index (χ4n) is 4.27. The van der Waals surface area contributed by atoms with Crippen molar-refractivity contribution in [2.45, 2.75) is 31.8 Å². The molecule has 8 heteroatoms. The van der Waals surface area contributed by atoms with E-state index in [9.17, 15) is 9.59 Å². The second-order valence-corrected chi connectivity index (χ2v) is 9.01. The maximum absolute atomic E-state index is 13.5. The van der Waals surface area contributed by atoms with Crippen LogP contribution in [0.15, 0.2) is 73.8 Å². The minimum Gasteiger partial charge on any atom is -0.331 e. The first kappa shape index (κ1) is 25.0. The van der Waals surface area contributed by atoms with Crippen LogP contribution in [0, 0.1) is 6.57 Å². The molecule has 3 aromatic rings. The van der Waals surface area contributed by atoms with E-state index in [4.69, 9.17) is 23.3 Å². The first-order chi connectivity index (χ1) is 17.4. The van der Waals surface area contributed by atoms with Crippen molar-refractivity contribution in [3.63, 3.8) is 0 Å². The Balaban J connectivity index is 1.69. The average molecular weight is 500 g/mol. The molecule has 1 aliphatic heterocycles. The van der Waals surface area contributed by atoms with Crippen molar-refractivity contribution in [3.8, 4) is 11.3 Å². The molecule has 0 saturated carbocycles. The van der Waals surface area contributed by atoms with Gasteiger partial charge in [0.05, 0.1) is 24.0 Å². The molecule has 0 bridgehead atoms. The van der Waals surface area contributed by atoms with Crippen molar-refractivity contribution < 1.29 is 9.59 Å². The SMILES string of the molecule is [C-]#[N+]c1ccc(CN2C[C@H](CCC=C)n3nc(-c4ccc(Cl)cc4NC(=O)CC=C)cc3C2=O)cc1. The number of rotatable bonds is 9. The zero-order chi connectivity index (χ0) is 25.7. The number of fused-ring (bicyclic) bond motifs is 1. The van der Waals surface area contributed by atoms with Gasteiger partial charge in [0.1, 0.15) is 5.69 Å². The van der Waals surface area contributed by atoms with E-state index in [1.54, 1.807) is 41.1 Å². The molecular formula is C28H26ClN5O2.